The Hall–Kier alpha value is -3.47. The van der Waals surface area contributed by atoms with Crippen molar-refractivity contribution in [2.75, 3.05) is 7.11 Å². The van der Waals surface area contributed by atoms with Crippen molar-refractivity contribution in [2.45, 2.75) is 52.2 Å². The maximum atomic E-state index is 12.8. The first kappa shape index (κ1) is 22.7. The Morgan fingerprint density at radius 3 is 2.58 bits per heavy atom. The van der Waals surface area contributed by atoms with Crippen LogP contribution < -0.4 is 10.1 Å². The minimum absolute atomic E-state index is 0.0849. The number of alkyl carbamates (subject to hydrolysis) is 1. The molecule has 2 aromatic carbocycles. The molecule has 172 valence electrons. The minimum Gasteiger partial charge on any atom is -0.497 e. The summed E-state index contributed by atoms with van der Waals surface area (Å²) in [5, 5.41) is 3.06. The van der Waals surface area contributed by atoms with E-state index in [-0.39, 0.29) is 12.0 Å². The normalized spacial score (nSPS) is 13.8. The lowest BCUT2D eigenvalue weighted by Gasteiger charge is -2.20. The number of nitrogens with zero attached hydrogens (tertiary/aromatic N) is 1. The number of aryl methyl sites for hydroxylation is 1. The Morgan fingerprint density at radius 2 is 1.85 bits per heavy atom. The molecule has 0 aliphatic carbocycles. The van der Waals surface area contributed by atoms with E-state index in [1.165, 1.54) is 5.56 Å². The van der Waals surface area contributed by atoms with E-state index in [1.54, 1.807) is 7.11 Å². The minimum atomic E-state index is -0.448. The third-order valence-electron chi connectivity index (χ3n) is 6.01. The maximum absolute atomic E-state index is 12.8. The topological polar surface area (TPSA) is 52.5 Å². The molecule has 0 radical (unpaired) electrons. The second-order valence-electron chi connectivity index (χ2n) is 9.42. The first-order valence-electron chi connectivity index (χ1n) is 11.4. The zero-order valence-corrected chi connectivity index (χ0v) is 19.9. The summed E-state index contributed by atoms with van der Waals surface area (Å²) in [7, 11) is 1.62. The lowest BCUT2D eigenvalue weighted by molar-refractivity contribution is 0.142. The van der Waals surface area contributed by atoms with Crippen LogP contribution in [0, 0.1) is 0 Å². The molecule has 3 aromatic rings. The number of amides is 1. The smallest absolute Gasteiger partial charge is 0.411 e. The van der Waals surface area contributed by atoms with Crippen LogP contribution in [0.2, 0.25) is 0 Å². The molecule has 1 N–H and O–H groups in total. The number of benzene rings is 2. The van der Waals surface area contributed by atoms with Gasteiger partial charge < -0.3 is 14.0 Å². The molecule has 0 spiro atoms. The van der Waals surface area contributed by atoms with Crippen molar-refractivity contribution < 1.29 is 14.3 Å². The lowest BCUT2D eigenvalue weighted by Crippen LogP contribution is -2.24. The van der Waals surface area contributed by atoms with Gasteiger partial charge in [-0.25, -0.2) is 4.79 Å². The van der Waals surface area contributed by atoms with Gasteiger partial charge in [0.1, 0.15) is 12.4 Å². The van der Waals surface area contributed by atoms with E-state index < -0.39 is 6.09 Å². The Labute approximate surface area is 196 Å². The van der Waals surface area contributed by atoms with Crippen molar-refractivity contribution in [3.05, 3.63) is 94.9 Å². The van der Waals surface area contributed by atoms with Crippen molar-refractivity contribution >= 4 is 11.7 Å². The fourth-order valence-electron chi connectivity index (χ4n) is 4.20. The first-order valence-corrected chi connectivity index (χ1v) is 11.4. The van der Waals surface area contributed by atoms with Gasteiger partial charge in [0.15, 0.2) is 0 Å². The molecule has 4 rings (SSSR count). The number of ether oxygens (including phenoxy) is 2. The van der Waals surface area contributed by atoms with Crippen LogP contribution >= 0.6 is 0 Å². The zero-order chi connectivity index (χ0) is 23.4. The van der Waals surface area contributed by atoms with Crippen LogP contribution in [0.4, 0.5) is 4.79 Å². The van der Waals surface area contributed by atoms with Gasteiger partial charge in [0, 0.05) is 24.0 Å². The Balaban J connectivity index is 1.60. The molecular weight excluding hydrogens is 412 g/mol. The summed E-state index contributed by atoms with van der Waals surface area (Å²) in [5.41, 5.74) is 6.39. The van der Waals surface area contributed by atoms with Crippen molar-refractivity contribution in [3.63, 3.8) is 0 Å². The highest BCUT2D eigenvalue weighted by Crippen LogP contribution is 2.33. The van der Waals surface area contributed by atoms with Crippen LogP contribution in [-0.4, -0.2) is 17.8 Å². The number of hydrogen-bond acceptors (Lipinski definition) is 3. The van der Waals surface area contributed by atoms with Crippen LogP contribution in [0.25, 0.3) is 5.57 Å². The SMILES string of the molecule is COc1cccc(COC(=O)NC2=C(c3ccc(C(C)(C)C)cc3)c3cccn3CCC2)c1. The second kappa shape index (κ2) is 9.57. The molecule has 0 saturated heterocycles. The number of allylic oxidation sites excluding steroid dienone is 1. The number of hydrogen-bond donors (Lipinski definition) is 1. The van der Waals surface area contributed by atoms with Gasteiger partial charge in [-0.3, -0.25) is 5.32 Å². The van der Waals surface area contributed by atoms with Gasteiger partial charge in [-0.05, 0) is 59.2 Å². The lowest BCUT2D eigenvalue weighted by atomic mass is 9.86. The number of methoxy groups -OCH3 is 1. The van der Waals surface area contributed by atoms with Crippen LogP contribution in [0.15, 0.2) is 72.6 Å². The number of carbonyl (C=O) groups is 1. The van der Waals surface area contributed by atoms with E-state index in [1.807, 2.05) is 24.3 Å². The summed E-state index contributed by atoms with van der Waals surface area (Å²) < 4.78 is 13.0. The van der Waals surface area contributed by atoms with E-state index in [0.717, 1.165) is 53.2 Å². The second-order valence-corrected chi connectivity index (χ2v) is 9.42. The van der Waals surface area contributed by atoms with E-state index in [9.17, 15) is 4.79 Å². The number of carbonyl (C=O) groups excluding carboxylic acids is 1. The number of fused-ring (bicyclic) bond motifs is 1. The Bertz CT molecular complexity index is 1150. The predicted octanol–water partition coefficient (Wildman–Crippen LogP) is 6.27. The molecule has 2 heterocycles. The fraction of sp³-hybridized carbons (Fsp3) is 0.321. The number of rotatable bonds is 5. The van der Waals surface area contributed by atoms with Gasteiger partial charge in [-0.2, -0.15) is 0 Å². The Morgan fingerprint density at radius 1 is 1.06 bits per heavy atom. The predicted molar refractivity (Wildman–Crippen MR) is 131 cm³/mol. The summed E-state index contributed by atoms with van der Waals surface area (Å²) >= 11 is 0. The monoisotopic (exact) mass is 444 g/mol. The molecule has 5 nitrogen and oxygen atoms in total. The van der Waals surface area contributed by atoms with Crippen molar-refractivity contribution in [3.8, 4) is 5.75 Å². The summed E-state index contributed by atoms with van der Waals surface area (Å²) in [4.78, 5) is 12.8. The molecule has 0 saturated carbocycles. The van der Waals surface area contributed by atoms with E-state index in [0.29, 0.717) is 0 Å². The largest absolute Gasteiger partial charge is 0.497 e. The molecule has 1 aliphatic heterocycles. The van der Waals surface area contributed by atoms with Gasteiger partial charge in [0.05, 0.1) is 12.8 Å². The standard InChI is InChI=1S/C28H32N2O3/c1-28(2,3)22-14-12-21(13-15-22)26-24(10-6-16-30-17-7-11-25(26)30)29-27(31)33-19-20-8-5-9-23(18-20)32-4/h5,7-9,11-15,17-18H,6,10,16,19H2,1-4H3,(H,29,31). The Kier molecular flexibility index (Phi) is 6.59. The summed E-state index contributed by atoms with van der Waals surface area (Å²) in [6, 6.07) is 20.4. The molecule has 0 unspecified atom stereocenters. The van der Waals surface area contributed by atoms with Crippen LogP contribution in [-0.2, 0) is 23.3 Å². The van der Waals surface area contributed by atoms with Gasteiger partial charge in [0.2, 0.25) is 0 Å². The molecule has 0 fully saturated rings. The van der Waals surface area contributed by atoms with Crippen LogP contribution in [0.3, 0.4) is 0 Å². The summed E-state index contributed by atoms with van der Waals surface area (Å²) in [5.74, 6) is 0.740. The quantitative estimate of drug-likeness (QED) is 0.504. The van der Waals surface area contributed by atoms with Crippen molar-refractivity contribution in [2.24, 2.45) is 0 Å². The van der Waals surface area contributed by atoms with Gasteiger partial charge in [-0.15, -0.1) is 0 Å². The highest BCUT2D eigenvalue weighted by atomic mass is 16.5. The molecule has 0 bridgehead atoms. The first-order chi connectivity index (χ1) is 15.8. The maximum Gasteiger partial charge on any atom is 0.411 e. The molecule has 1 amide bonds. The molecule has 0 atom stereocenters. The summed E-state index contributed by atoms with van der Waals surface area (Å²) in [6.07, 6.45) is 3.36. The summed E-state index contributed by atoms with van der Waals surface area (Å²) in [6.45, 7) is 7.73. The number of nitrogens with one attached hydrogen (secondary N) is 1. The van der Waals surface area contributed by atoms with Gasteiger partial charge in [-0.1, -0.05) is 57.2 Å². The fourth-order valence-corrected chi connectivity index (χ4v) is 4.20. The van der Waals surface area contributed by atoms with Crippen LogP contribution in [0.1, 0.15) is 56.0 Å². The van der Waals surface area contributed by atoms with E-state index >= 15 is 0 Å². The zero-order valence-electron chi connectivity index (χ0n) is 19.9. The molecule has 1 aliphatic rings. The van der Waals surface area contributed by atoms with E-state index in [2.05, 4.69) is 73.3 Å². The van der Waals surface area contributed by atoms with Crippen LogP contribution in [0.5, 0.6) is 5.75 Å². The average molecular weight is 445 g/mol. The van der Waals surface area contributed by atoms with Crippen molar-refractivity contribution in [1.29, 1.82) is 0 Å². The molecule has 5 heteroatoms. The third-order valence-corrected chi connectivity index (χ3v) is 6.01. The van der Waals surface area contributed by atoms with Gasteiger partial charge >= 0.3 is 6.09 Å². The van der Waals surface area contributed by atoms with Gasteiger partial charge in [0.25, 0.3) is 0 Å². The molecular formula is C28H32N2O3. The molecule has 1 aromatic heterocycles. The molecule has 33 heavy (non-hydrogen) atoms. The van der Waals surface area contributed by atoms with Crippen molar-refractivity contribution in [1.82, 2.24) is 9.88 Å². The average Bonchev–Trinajstić information content (AvgIpc) is 3.19. The number of aromatic nitrogens is 1. The highest BCUT2D eigenvalue weighted by molar-refractivity contribution is 5.84. The third kappa shape index (κ3) is 5.30. The highest BCUT2D eigenvalue weighted by Gasteiger charge is 2.21. The van der Waals surface area contributed by atoms with E-state index in [4.69, 9.17) is 9.47 Å².